The Hall–Kier alpha value is -2.78. The molecular formula is C22H31N5O4. The van der Waals surface area contributed by atoms with Crippen molar-refractivity contribution in [3.8, 4) is 0 Å². The summed E-state index contributed by atoms with van der Waals surface area (Å²) >= 11 is 0. The Labute approximate surface area is 182 Å². The topological polar surface area (TPSA) is 121 Å². The van der Waals surface area contributed by atoms with E-state index in [4.69, 9.17) is 0 Å². The van der Waals surface area contributed by atoms with Crippen LogP contribution in [0, 0.1) is 5.41 Å². The Morgan fingerprint density at radius 2 is 1.94 bits per heavy atom. The first-order valence-corrected chi connectivity index (χ1v) is 10.5. The van der Waals surface area contributed by atoms with Crippen molar-refractivity contribution in [2.45, 2.75) is 57.9 Å². The average molecular weight is 430 g/mol. The molecule has 0 aliphatic carbocycles. The second-order valence-electron chi connectivity index (χ2n) is 9.10. The van der Waals surface area contributed by atoms with Crippen LogP contribution in [0.3, 0.4) is 0 Å². The minimum atomic E-state index is -0.751. The summed E-state index contributed by atoms with van der Waals surface area (Å²) < 4.78 is 1.50. The number of β-amino-alcohol motifs (C(OH)–C–C–N with tert-alkyl or cyclic N) is 1. The predicted octanol–water partition coefficient (Wildman–Crippen LogP) is 0.849. The molecule has 1 aliphatic rings. The van der Waals surface area contributed by atoms with Crippen molar-refractivity contribution in [1.29, 1.82) is 0 Å². The van der Waals surface area contributed by atoms with Gasteiger partial charge in [0.2, 0.25) is 11.8 Å². The van der Waals surface area contributed by atoms with E-state index in [0.717, 1.165) is 5.56 Å². The molecule has 0 saturated carbocycles. The van der Waals surface area contributed by atoms with Crippen molar-refractivity contribution in [2.24, 2.45) is 5.41 Å². The second-order valence-corrected chi connectivity index (χ2v) is 9.10. The second kappa shape index (κ2) is 9.15. The highest BCUT2D eigenvalue weighted by atomic mass is 16.3. The molecule has 1 fully saturated rings. The van der Waals surface area contributed by atoms with E-state index in [1.54, 1.807) is 6.20 Å². The fourth-order valence-corrected chi connectivity index (χ4v) is 4.03. The molecule has 1 saturated heterocycles. The summed E-state index contributed by atoms with van der Waals surface area (Å²) in [5.74, 6) is -0.597. The quantitative estimate of drug-likeness (QED) is 0.626. The summed E-state index contributed by atoms with van der Waals surface area (Å²) in [6.07, 6.45) is 0.647. The van der Waals surface area contributed by atoms with Gasteiger partial charge in [-0.25, -0.2) is 4.68 Å². The van der Waals surface area contributed by atoms with Crippen LogP contribution in [0.2, 0.25) is 0 Å². The zero-order valence-corrected chi connectivity index (χ0v) is 18.4. The molecule has 3 rings (SSSR count). The third-order valence-corrected chi connectivity index (χ3v) is 5.57. The third-order valence-electron chi connectivity index (χ3n) is 5.57. The number of benzene rings is 1. The maximum atomic E-state index is 13.5. The van der Waals surface area contributed by atoms with Gasteiger partial charge >= 0.3 is 0 Å². The van der Waals surface area contributed by atoms with Gasteiger partial charge < -0.3 is 20.4 Å². The Balaban J connectivity index is 1.83. The van der Waals surface area contributed by atoms with Crippen molar-refractivity contribution >= 4 is 11.8 Å². The lowest BCUT2D eigenvalue weighted by atomic mass is 9.85. The lowest BCUT2D eigenvalue weighted by Crippen LogP contribution is -2.49. The molecule has 2 aromatic rings. The summed E-state index contributed by atoms with van der Waals surface area (Å²) in [6, 6.07) is 7.84. The molecule has 31 heavy (non-hydrogen) atoms. The summed E-state index contributed by atoms with van der Waals surface area (Å²) in [4.78, 5) is 27.2. The van der Waals surface area contributed by atoms with Crippen LogP contribution in [0.1, 0.15) is 50.6 Å². The van der Waals surface area contributed by atoms with Gasteiger partial charge in [0, 0.05) is 32.6 Å². The van der Waals surface area contributed by atoms with Crippen LogP contribution in [0.4, 0.5) is 0 Å². The van der Waals surface area contributed by atoms with Gasteiger partial charge in [-0.1, -0.05) is 56.3 Å². The van der Waals surface area contributed by atoms with E-state index < -0.39 is 29.7 Å². The van der Waals surface area contributed by atoms with Crippen molar-refractivity contribution in [3.05, 3.63) is 47.8 Å². The molecule has 0 spiro atoms. The monoisotopic (exact) mass is 429 g/mol. The first-order chi connectivity index (χ1) is 14.6. The molecule has 2 heterocycles. The van der Waals surface area contributed by atoms with E-state index in [-0.39, 0.29) is 31.2 Å². The minimum absolute atomic E-state index is 0.0950. The Kier molecular flexibility index (Phi) is 6.76. The van der Waals surface area contributed by atoms with Crippen LogP contribution >= 0.6 is 0 Å². The number of rotatable bonds is 6. The molecule has 2 amide bonds. The normalized spacial score (nSPS) is 21.0. The Morgan fingerprint density at radius 3 is 2.55 bits per heavy atom. The molecular weight excluding hydrogens is 398 g/mol. The molecule has 4 atom stereocenters. The fraction of sp³-hybridized carbons (Fsp3) is 0.545. The SMILES string of the molecule is CNC(=O)[C@H]1C[C@H](O)CN1C(=O)[C@@H](n1cc(CC(O)c2ccccc2)nn1)C(C)(C)C. The number of carbonyl (C=O) groups excluding carboxylic acids is 2. The molecule has 9 nitrogen and oxygen atoms in total. The van der Waals surface area contributed by atoms with Gasteiger partial charge in [0.1, 0.15) is 12.1 Å². The summed E-state index contributed by atoms with van der Waals surface area (Å²) in [5.41, 5.74) is 0.809. The standard InChI is InChI=1S/C22H31N5O4/c1-22(2,3)19(21(31)26-13-16(28)11-17(26)20(30)23-4)27-12-15(24-25-27)10-18(29)14-8-6-5-7-9-14/h5-9,12,16-19,28-29H,10-11,13H2,1-4H3,(H,23,30)/t16-,17+,18?,19+/m0/s1. The van der Waals surface area contributed by atoms with Crippen LogP contribution in [-0.4, -0.2) is 67.7 Å². The van der Waals surface area contributed by atoms with Gasteiger partial charge in [0.25, 0.3) is 0 Å². The van der Waals surface area contributed by atoms with Crippen LogP contribution in [0.15, 0.2) is 36.5 Å². The number of likely N-dealkylation sites (tertiary alicyclic amines) is 1. The minimum Gasteiger partial charge on any atom is -0.391 e. The number of likely N-dealkylation sites (N-methyl/N-ethyl adjacent to an activating group) is 1. The molecule has 1 aliphatic heterocycles. The van der Waals surface area contributed by atoms with Gasteiger partial charge in [0.05, 0.1) is 17.9 Å². The zero-order valence-electron chi connectivity index (χ0n) is 18.4. The van der Waals surface area contributed by atoms with E-state index in [2.05, 4.69) is 15.6 Å². The van der Waals surface area contributed by atoms with Crippen LogP contribution in [0.25, 0.3) is 0 Å². The average Bonchev–Trinajstić information content (AvgIpc) is 3.33. The number of nitrogens with zero attached hydrogens (tertiary/aromatic N) is 4. The van der Waals surface area contributed by atoms with Crippen LogP contribution < -0.4 is 5.32 Å². The number of aromatic nitrogens is 3. The number of amides is 2. The Morgan fingerprint density at radius 1 is 1.26 bits per heavy atom. The van der Waals surface area contributed by atoms with Gasteiger partial charge in [0.15, 0.2) is 0 Å². The maximum absolute atomic E-state index is 13.5. The fourth-order valence-electron chi connectivity index (χ4n) is 4.03. The summed E-state index contributed by atoms with van der Waals surface area (Å²) in [5, 5.41) is 31.5. The number of carbonyl (C=O) groups is 2. The molecule has 1 unspecified atom stereocenters. The first kappa shape index (κ1) is 22.9. The molecule has 1 aromatic heterocycles. The highest BCUT2D eigenvalue weighted by molar-refractivity contribution is 5.90. The third kappa shape index (κ3) is 5.11. The number of aliphatic hydroxyl groups is 2. The maximum Gasteiger partial charge on any atom is 0.248 e. The number of hydrogen-bond acceptors (Lipinski definition) is 6. The van der Waals surface area contributed by atoms with Crippen molar-refractivity contribution in [2.75, 3.05) is 13.6 Å². The van der Waals surface area contributed by atoms with Gasteiger partial charge in [-0.3, -0.25) is 9.59 Å². The molecule has 0 radical (unpaired) electrons. The highest BCUT2D eigenvalue weighted by Gasteiger charge is 2.45. The molecule has 168 valence electrons. The zero-order chi connectivity index (χ0) is 22.8. The number of hydrogen-bond donors (Lipinski definition) is 3. The first-order valence-electron chi connectivity index (χ1n) is 10.5. The number of nitrogens with one attached hydrogen (secondary N) is 1. The van der Waals surface area contributed by atoms with E-state index in [1.807, 2.05) is 51.1 Å². The lowest BCUT2D eigenvalue weighted by Gasteiger charge is -2.34. The van der Waals surface area contributed by atoms with Crippen LogP contribution in [0.5, 0.6) is 0 Å². The van der Waals surface area contributed by atoms with E-state index in [1.165, 1.54) is 16.6 Å². The molecule has 1 aromatic carbocycles. The van der Waals surface area contributed by atoms with Crippen molar-refractivity contribution in [1.82, 2.24) is 25.2 Å². The molecule has 9 heteroatoms. The predicted molar refractivity (Wildman–Crippen MR) is 114 cm³/mol. The van der Waals surface area contributed by atoms with Gasteiger partial charge in [-0.2, -0.15) is 0 Å². The van der Waals surface area contributed by atoms with E-state index in [0.29, 0.717) is 5.69 Å². The number of aliphatic hydroxyl groups excluding tert-OH is 2. The van der Waals surface area contributed by atoms with Crippen molar-refractivity contribution in [3.63, 3.8) is 0 Å². The summed E-state index contributed by atoms with van der Waals surface area (Å²) in [7, 11) is 1.51. The largest absolute Gasteiger partial charge is 0.391 e. The van der Waals surface area contributed by atoms with E-state index in [9.17, 15) is 19.8 Å². The highest BCUT2D eigenvalue weighted by Crippen LogP contribution is 2.34. The smallest absolute Gasteiger partial charge is 0.248 e. The van der Waals surface area contributed by atoms with E-state index >= 15 is 0 Å². The van der Waals surface area contributed by atoms with Gasteiger partial charge in [-0.15, -0.1) is 5.10 Å². The van der Waals surface area contributed by atoms with Crippen LogP contribution in [-0.2, 0) is 16.0 Å². The molecule has 0 bridgehead atoms. The lowest BCUT2D eigenvalue weighted by molar-refractivity contribution is -0.144. The molecule has 3 N–H and O–H groups in total. The van der Waals surface area contributed by atoms with Crippen molar-refractivity contribution < 1.29 is 19.8 Å². The van der Waals surface area contributed by atoms with Gasteiger partial charge in [-0.05, 0) is 11.0 Å². The summed E-state index contributed by atoms with van der Waals surface area (Å²) in [6.45, 7) is 5.84. The Bertz CT molecular complexity index is 908.